The Morgan fingerprint density at radius 3 is 2.42 bits per heavy atom. The number of methoxy groups -OCH3 is 2. The summed E-state index contributed by atoms with van der Waals surface area (Å²) in [6.45, 7) is 0. The predicted octanol–water partition coefficient (Wildman–Crippen LogP) is 3.73. The number of benzene rings is 2. The lowest BCUT2D eigenvalue weighted by molar-refractivity contribution is -0.132. The third kappa shape index (κ3) is 3.50. The van der Waals surface area contributed by atoms with Gasteiger partial charge < -0.3 is 14.6 Å². The van der Waals surface area contributed by atoms with Crippen LogP contribution in [0.1, 0.15) is 17.2 Å². The van der Waals surface area contributed by atoms with Gasteiger partial charge in [-0.2, -0.15) is 0 Å². The molecule has 1 aromatic heterocycles. The van der Waals surface area contributed by atoms with Gasteiger partial charge in [0.1, 0.15) is 17.3 Å². The number of pyridine rings is 1. The van der Waals surface area contributed by atoms with Crippen molar-refractivity contribution in [2.24, 2.45) is 0 Å². The number of carbonyl (C=O) groups is 2. The summed E-state index contributed by atoms with van der Waals surface area (Å²) in [5, 5.41) is 11.1. The molecule has 0 aliphatic carbocycles. The van der Waals surface area contributed by atoms with Crippen LogP contribution in [-0.4, -0.2) is 36.0 Å². The normalized spacial score (nSPS) is 17.6. The molecule has 0 bridgehead atoms. The van der Waals surface area contributed by atoms with E-state index >= 15 is 0 Å². The first-order valence-electron chi connectivity index (χ1n) is 9.55. The fraction of sp³-hybridized carbons (Fsp3) is 0.125. The van der Waals surface area contributed by atoms with Crippen LogP contribution in [-0.2, 0) is 9.59 Å². The highest BCUT2D eigenvalue weighted by atomic mass is 16.5. The zero-order valence-corrected chi connectivity index (χ0v) is 17.0. The molecule has 1 unspecified atom stereocenters. The van der Waals surface area contributed by atoms with Crippen molar-refractivity contribution >= 4 is 23.1 Å². The molecule has 156 valence electrons. The van der Waals surface area contributed by atoms with Crippen LogP contribution in [0.4, 0.5) is 5.69 Å². The van der Waals surface area contributed by atoms with E-state index in [1.165, 1.54) is 25.3 Å². The van der Waals surface area contributed by atoms with Gasteiger partial charge in [-0.05, 0) is 24.3 Å². The number of nitrogens with zero attached hydrogens (tertiary/aromatic N) is 2. The number of ether oxygens (including phenoxy) is 2. The number of Topliss-reactive ketones (excluding diaryl/α,β-unsaturated/α-hetero) is 1. The van der Waals surface area contributed by atoms with Crippen molar-refractivity contribution in [3.05, 3.63) is 89.8 Å². The number of carbonyl (C=O) groups excluding carboxylic acids is 2. The fourth-order valence-corrected chi connectivity index (χ4v) is 3.69. The van der Waals surface area contributed by atoms with Gasteiger partial charge in [0, 0.05) is 23.4 Å². The summed E-state index contributed by atoms with van der Waals surface area (Å²) in [6, 6.07) is 16.2. The minimum Gasteiger partial charge on any atom is -0.507 e. The van der Waals surface area contributed by atoms with Crippen LogP contribution in [0.3, 0.4) is 0 Å². The van der Waals surface area contributed by atoms with Gasteiger partial charge in [0.2, 0.25) is 0 Å². The number of amides is 1. The van der Waals surface area contributed by atoms with Gasteiger partial charge >= 0.3 is 0 Å². The molecule has 0 spiro atoms. The van der Waals surface area contributed by atoms with Crippen molar-refractivity contribution in [2.45, 2.75) is 6.04 Å². The smallest absolute Gasteiger partial charge is 0.300 e. The average molecular weight is 416 g/mol. The Morgan fingerprint density at radius 1 is 1.00 bits per heavy atom. The van der Waals surface area contributed by atoms with Crippen molar-refractivity contribution in [3.8, 4) is 11.5 Å². The van der Waals surface area contributed by atoms with E-state index < -0.39 is 17.7 Å². The highest BCUT2D eigenvalue weighted by Crippen LogP contribution is 2.45. The molecular weight excluding hydrogens is 396 g/mol. The lowest BCUT2D eigenvalue weighted by Gasteiger charge is -2.26. The first kappa shape index (κ1) is 20.2. The van der Waals surface area contributed by atoms with E-state index in [0.717, 1.165) is 0 Å². The van der Waals surface area contributed by atoms with Gasteiger partial charge in [-0.15, -0.1) is 0 Å². The molecule has 0 radical (unpaired) electrons. The van der Waals surface area contributed by atoms with Crippen LogP contribution in [0, 0.1) is 0 Å². The molecule has 2 heterocycles. The van der Waals surface area contributed by atoms with Gasteiger partial charge in [0.05, 0.1) is 37.7 Å². The van der Waals surface area contributed by atoms with E-state index in [0.29, 0.717) is 28.3 Å². The first-order valence-corrected chi connectivity index (χ1v) is 9.55. The van der Waals surface area contributed by atoms with Crippen LogP contribution >= 0.6 is 0 Å². The van der Waals surface area contributed by atoms with E-state index in [1.807, 2.05) is 0 Å². The topological polar surface area (TPSA) is 89.0 Å². The summed E-state index contributed by atoms with van der Waals surface area (Å²) in [6.07, 6.45) is 3.07. The molecule has 1 atom stereocenters. The van der Waals surface area contributed by atoms with Crippen molar-refractivity contribution in [1.82, 2.24) is 4.98 Å². The Morgan fingerprint density at radius 2 is 1.77 bits per heavy atom. The second kappa shape index (κ2) is 8.31. The van der Waals surface area contributed by atoms with E-state index in [1.54, 1.807) is 66.9 Å². The first-order chi connectivity index (χ1) is 15.1. The van der Waals surface area contributed by atoms with Crippen molar-refractivity contribution in [2.75, 3.05) is 19.1 Å². The molecule has 1 aliphatic heterocycles. The number of aliphatic hydroxyl groups excluding tert-OH is 1. The third-order valence-corrected chi connectivity index (χ3v) is 5.15. The molecule has 1 N–H and O–H groups in total. The average Bonchev–Trinajstić information content (AvgIpc) is 3.09. The zero-order valence-electron chi connectivity index (χ0n) is 17.0. The quantitative estimate of drug-likeness (QED) is 0.387. The molecule has 3 aromatic rings. The summed E-state index contributed by atoms with van der Waals surface area (Å²) < 4.78 is 10.8. The van der Waals surface area contributed by atoms with Gasteiger partial charge in [0.25, 0.3) is 11.7 Å². The molecular formula is C24H20N2O5. The second-order valence-corrected chi connectivity index (χ2v) is 6.85. The van der Waals surface area contributed by atoms with Gasteiger partial charge in [-0.1, -0.05) is 30.3 Å². The minimum absolute atomic E-state index is 0.0245. The van der Waals surface area contributed by atoms with E-state index in [4.69, 9.17) is 9.47 Å². The van der Waals surface area contributed by atoms with E-state index in [-0.39, 0.29) is 11.3 Å². The standard InChI is InChI=1S/C24H20N2O5/c1-30-17-10-11-18(19(13-17)31-2)21-20(22(27)15-7-4-3-5-8-15)23(28)24(29)26(21)16-9-6-12-25-14-16/h3-14,21,27H,1-2H3. The monoisotopic (exact) mass is 416 g/mol. The Hall–Kier alpha value is -4.13. The maximum absolute atomic E-state index is 13.1. The molecule has 1 amide bonds. The molecule has 1 fully saturated rings. The molecule has 7 heteroatoms. The molecule has 2 aromatic carbocycles. The fourth-order valence-electron chi connectivity index (χ4n) is 3.69. The SMILES string of the molecule is COc1ccc(C2C(=C(O)c3ccccc3)C(=O)C(=O)N2c2cccnc2)c(OC)c1. The highest BCUT2D eigenvalue weighted by Gasteiger charge is 2.48. The van der Waals surface area contributed by atoms with Crippen LogP contribution in [0.15, 0.2) is 78.6 Å². The van der Waals surface area contributed by atoms with Crippen molar-refractivity contribution in [1.29, 1.82) is 0 Å². The number of anilines is 1. The van der Waals surface area contributed by atoms with Crippen LogP contribution in [0.2, 0.25) is 0 Å². The lowest BCUT2D eigenvalue weighted by Crippen LogP contribution is -2.29. The molecule has 1 saturated heterocycles. The van der Waals surface area contributed by atoms with Crippen LogP contribution in [0.5, 0.6) is 11.5 Å². The molecule has 7 nitrogen and oxygen atoms in total. The lowest BCUT2D eigenvalue weighted by atomic mass is 9.94. The molecule has 4 rings (SSSR count). The molecule has 0 saturated carbocycles. The van der Waals surface area contributed by atoms with Gasteiger partial charge in [-0.3, -0.25) is 19.5 Å². The minimum atomic E-state index is -0.912. The Bertz CT molecular complexity index is 1160. The summed E-state index contributed by atoms with van der Waals surface area (Å²) >= 11 is 0. The summed E-state index contributed by atoms with van der Waals surface area (Å²) in [4.78, 5) is 31.6. The summed E-state index contributed by atoms with van der Waals surface area (Å²) in [5.74, 6) is -0.823. The maximum Gasteiger partial charge on any atom is 0.300 e. The summed E-state index contributed by atoms with van der Waals surface area (Å²) in [7, 11) is 3.03. The van der Waals surface area contributed by atoms with Crippen LogP contribution in [0.25, 0.3) is 5.76 Å². The second-order valence-electron chi connectivity index (χ2n) is 6.85. The number of aliphatic hydroxyl groups is 1. The Labute approximate surface area is 179 Å². The number of ketones is 1. The number of hydrogen-bond donors (Lipinski definition) is 1. The third-order valence-electron chi connectivity index (χ3n) is 5.15. The summed E-state index contributed by atoms with van der Waals surface area (Å²) in [5.41, 5.74) is 1.37. The molecule has 1 aliphatic rings. The van der Waals surface area contributed by atoms with Gasteiger partial charge in [-0.25, -0.2) is 0 Å². The Balaban J connectivity index is 1.99. The zero-order chi connectivity index (χ0) is 22.0. The number of aromatic nitrogens is 1. The maximum atomic E-state index is 13.1. The largest absolute Gasteiger partial charge is 0.507 e. The van der Waals surface area contributed by atoms with E-state index in [9.17, 15) is 14.7 Å². The Kier molecular flexibility index (Phi) is 5.41. The molecule has 31 heavy (non-hydrogen) atoms. The van der Waals surface area contributed by atoms with Gasteiger partial charge in [0.15, 0.2) is 0 Å². The number of hydrogen-bond acceptors (Lipinski definition) is 6. The van der Waals surface area contributed by atoms with Crippen molar-refractivity contribution in [3.63, 3.8) is 0 Å². The van der Waals surface area contributed by atoms with E-state index in [2.05, 4.69) is 4.98 Å². The number of rotatable bonds is 5. The van der Waals surface area contributed by atoms with Crippen molar-refractivity contribution < 1.29 is 24.2 Å². The van der Waals surface area contributed by atoms with Crippen LogP contribution < -0.4 is 14.4 Å². The predicted molar refractivity (Wildman–Crippen MR) is 115 cm³/mol. The highest BCUT2D eigenvalue weighted by molar-refractivity contribution is 6.51.